The summed E-state index contributed by atoms with van der Waals surface area (Å²) in [7, 11) is 1.84. The molecule has 1 heterocycles. The predicted molar refractivity (Wildman–Crippen MR) is 61.0 cm³/mol. The van der Waals surface area contributed by atoms with Crippen molar-refractivity contribution in [2.24, 2.45) is 7.05 Å². The normalized spacial score (nSPS) is 11.7. The molecule has 0 amide bonds. The van der Waals surface area contributed by atoms with E-state index in [1.165, 1.54) is 0 Å². The molecule has 2 N–H and O–H groups in total. The van der Waals surface area contributed by atoms with E-state index < -0.39 is 11.5 Å². The van der Waals surface area contributed by atoms with Gasteiger partial charge in [-0.2, -0.15) is 5.10 Å². The van der Waals surface area contributed by atoms with Gasteiger partial charge < -0.3 is 5.11 Å². The summed E-state index contributed by atoms with van der Waals surface area (Å²) in [6, 6.07) is 1.88. The monoisotopic (exact) mass is 225 g/mol. The number of nitrogens with zero attached hydrogens (tertiary/aromatic N) is 2. The molecule has 0 atom stereocenters. The summed E-state index contributed by atoms with van der Waals surface area (Å²) >= 11 is 0. The number of rotatable bonds is 6. The van der Waals surface area contributed by atoms with Crippen molar-refractivity contribution in [3.05, 3.63) is 18.0 Å². The van der Waals surface area contributed by atoms with Gasteiger partial charge in [0.1, 0.15) is 5.54 Å². The van der Waals surface area contributed by atoms with Crippen molar-refractivity contribution in [3.63, 3.8) is 0 Å². The van der Waals surface area contributed by atoms with Crippen LogP contribution in [0.2, 0.25) is 0 Å². The molecule has 0 saturated heterocycles. The molecule has 1 aromatic rings. The van der Waals surface area contributed by atoms with Crippen LogP contribution in [-0.2, 0) is 18.4 Å². The van der Waals surface area contributed by atoms with Crippen molar-refractivity contribution in [2.75, 3.05) is 0 Å². The molecule has 0 unspecified atom stereocenters. The van der Waals surface area contributed by atoms with Crippen LogP contribution in [0, 0.1) is 0 Å². The third-order valence-electron chi connectivity index (χ3n) is 2.99. The maximum Gasteiger partial charge on any atom is 0.323 e. The van der Waals surface area contributed by atoms with Crippen LogP contribution in [0.5, 0.6) is 0 Å². The molecule has 1 rings (SSSR count). The van der Waals surface area contributed by atoms with E-state index in [1.54, 1.807) is 4.68 Å². The first-order chi connectivity index (χ1) is 7.54. The number of aromatic nitrogens is 2. The number of aliphatic carboxylic acids is 1. The first-order valence-corrected chi connectivity index (χ1v) is 5.51. The molecule has 16 heavy (non-hydrogen) atoms. The highest BCUT2D eigenvalue weighted by molar-refractivity contribution is 5.78. The van der Waals surface area contributed by atoms with Gasteiger partial charge in [-0.05, 0) is 18.9 Å². The largest absolute Gasteiger partial charge is 0.480 e. The Kier molecular flexibility index (Phi) is 4.06. The van der Waals surface area contributed by atoms with E-state index in [4.69, 9.17) is 0 Å². The van der Waals surface area contributed by atoms with E-state index >= 15 is 0 Å². The van der Waals surface area contributed by atoms with E-state index in [-0.39, 0.29) is 0 Å². The summed E-state index contributed by atoms with van der Waals surface area (Å²) in [6.45, 7) is 4.24. The standard InChI is InChI=1S/C11H19N3O2/c1-4-11(5-2,10(15)16)12-8-9-6-7-14(3)13-9/h6-7,12H,4-5,8H2,1-3H3,(H,15,16). The van der Waals surface area contributed by atoms with Gasteiger partial charge in [0.25, 0.3) is 0 Å². The van der Waals surface area contributed by atoms with Crippen LogP contribution in [0.1, 0.15) is 32.4 Å². The lowest BCUT2D eigenvalue weighted by atomic mass is 9.93. The number of carbonyl (C=O) groups is 1. The summed E-state index contributed by atoms with van der Waals surface area (Å²) in [6.07, 6.45) is 2.97. The van der Waals surface area contributed by atoms with E-state index in [0.29, 0.717) is 19.4 Å². The maximum atomic E-state index is 11.2. The second-order valence-corrected chi connectivity index (χ2v) is 3.93. The van der Waals surface area contributed by atoms with E-state index in [1.807, 2.05) is 33.2 Å². The number of carboxylic acids is 1. The highest BCUT2D eigenvalue weighted by atomic mass is 16.4. The van der Waals surface area contributed by atoms with Crippen molar-refractivity contribution in [2.45, 2.75) is 38.8 Å². The van der Waals surface area contributed by atoms with Crippen LogP contribution in [0.15, 0.2) is 12.3 Å². The topological polar surface area (TPSA) is 67.2 Å². The number of carboxylic acid groups (broad SMARTS) is 1. The lowest BCUT2D eigenvalue weighted by Gasteiger charge is -2.27. The SMILES string of the molecule is CCC(CC)(NCc1ccn(C)n1)C(=O)O. The zero-order valence-corrected chi connectivity index (χ0v) is 10.0. The molecular formula is C11H19N3O2. The van der Waals surface area contributed by atoms with Gasteiger partial charge in [0.05, 0.1) is 5.69 Å². The van der Waals surface area contributed by atoms with Gasteiger partial charge in [-0.1, -0.05) is 13.8 Å². The number of hydrogen-bond donors (Lipinski definition) is 2. The molecule has 0 aromatic carbocycles. The Bertz CT molecular complexity index is 356. The molecule has 0 aliphatic rings. The van der Waals surface area contributed by atoms with Gasteiger partial charge in [-0.25, -0.2) is 0 Å². The fourth-order valence-corrected chi connectivity index (χ4v) is 1.70. The molecule has 0 radical (unpaired) electrons. The second-order valence-electron chi connectivity index (χ2n) is 3.93. The smallest absolute Gasteiger partial charge is 0.323 e. The van der Waals surface area contributed by atoms with Gasteiger partial charge in [0, 0.05) is 19.8 Å². The number of aryl methyl sites for hydroxylation is 1. The van der Waals surface area contributed by atoms with Gasteiger partial charge in [0.15, 0.2) is 0 Å². The Morgan fingerprint density at radius 3 is 2.56 bits per heavy atom. The van der Waals surface area contributed by atoms with Crippen LogP contribution in [0.3, 0.4) is 0 Å². The number of nitrogens with one attached hydrogen (secondary N) is 1. The van der Waals surface area contributed by atoms with E-state index in [9.17, 15) is 9.90 Å². The quantitative estimate of drug-likeness (QED) is 0.762. The van der Waals surface area contributed by atoms with Gasteiger partial charge in [-0.15, -0.1) is 0 Å². The lowest BCUT2D eigenvalue weighted by molar-refractivity contribution is -0.145. The third kappa shape index (κ3) is 2.61. The summed E-state index contributed by atoms with van der Waals surface area (Å²) in [5, 5.41) is 16.5. The Morgan fingerprint density at radius 2 is 2.19 bits per heavy atom. The minimum Gasteiger partial charge on any atom is -0.480 e. The summed E-state index contributed by atoms with van der Waals surface area (Å²) in [5.41, 5.74) is 0.0207. The van der Waals surface area contributed by atoms with Crippen LogP contribution in [0.25, 0.3) is 0 Å². The Morgan fingerprint density at radius 1 is 1.56 bits per heavy atom. The van der Waals surface area contributed by atoms with E-state index in [0.717, 1.165) is 5.69 Å². The fraction of sp³-hybridized carbons (Fsp3) is 0.636. The molecule has 0 aliphatic carbocycles. The molecule has 0 saturated carbocycles. The first-order valence-electron chi connectivity index (χ1n) is 5.51. The number of hydrogen-bond acceptors (Lipinski definition) is 3. The van der Waals surface area contributed by atoms with Gasteiger partial charge in [-0.3, -0.25) is 14.8 Å². The summed E-state index contributed by atoms with van der Waals surface area (Å²) in [4.78, 5) is 11.2. The Labute approximate surface area is 95.5 Å². The first kappa shape index (κ1) is 12.7. The zero-order chi connectivity index (χ0) is 12.2. The van der Waals surface area contributed by atoms with Gasteiger partial charge in [0.2, 0.25) is 0 Å². The fourth-order valence-electron chi connectivity index (χ4n) is 1.70. The van der Waals surface area contributed by atoms with Crippen LogP contribution < -0.4 is 5.32 Å². The summed E-state index contributed by atoms with van der Waals surface area (Å²) in [5.74, 6) is -0.798. The molecule has 0 bridgehead atoms. The Balaban J connectivity index is 2.67. The van der Waals surface area contributed by atoms with Crippen molar-refractivity contribution in [1.82, 2.24) is 15.1 Å². The Hall–Kier alpha value is -1.36. The average Bonchev–Trinajstić information content (AvgIpc) is 2.66. The predicted octanol–water partition coefficient (Wildman–Crippen LogP) is 1.15. The maximum absolute atomic E-state index is 11.2. The third-order valence-corrected chi connectivity index (χ3v) is 2.99. The molecular weight excluding hydrogens is 206 g/mol. The van der Waals surface area contributed by atoms with Gasteiger partial charge >= 0.3 is 5.97 Å². The lowest BCUT2D eigenvalue weighted by Crippen LogP contribution is -2.50. The molecule has 5 nitrogen and oxygen atoms in total. The zero-order valence-electron chi connectivity index (χ0n) is 10.0. The highest BCUT2D eigenvalue weighted by Crippen LogP contribution is 2.16. The molecule has 0 fully saturated rings. The minimum absolute atomic E-state index is 0.481. The minimum atomic E-state index is -0.836. The summed E-state index contributed by atoms with van der Waals surface area (Å²) < 4.78 is 1.71. The molecule has 0 spiro atoms. The molecule has 1 aromatic heterocycles. The second kappa shape index (κ2) is 5.12. The van der Waals surface area contributed by atoms with Crippen molar-refractivity contribution < 1.29 is 9.90 Å². The molecule has 5 heteroatoms. The van der Waals surface area contributed by atoms with Crippen molar-refractivity contribution in [3.8, 4) is 0 Å². The van der Waals surface area contributed by atoms with Crippen LogP contribution >= 0.6 is 0 Å². The van der Waals surface area contributed by atoms with Crippen molar-refractivity contribution >= 4 is 5.97 Å². The van der Waals surface area contributed by atoms with E-state index in [2.05, 4.69) is 10.4 Å². The molecule has 90 valence electrons. The van der Waals surface area contributed by atoms with Crippen LogP contribution in [-0.4, -0.2) is 26.4 Å². The average molecular weight is 225 g/mol. The van der Waals surface area contributed by atoms with Crippen molar-refractivity contribution in [1.29, 1.82) is 0 Å². The molecule has 0 aliphatic heterocycles. The highest BCUT2D eigenvalue weighted by Gasteiger charge is 2.34. The van der Waals surface area contributed by atoms with Crippen LogP contribution in [0.4, 0.5) is 0 Å².